The number of nitrogens with two attached hydrogens (primary N) is 4. The van der Waals surface area contributed by atoms with Gasteiger partial charge in [0, 0.05) is 79.0 Å². The zero-order chi connectivity index (χ0) is 76.9. The number of nitrogens with zero attached hydrogens (tertiary/aromatic N) is 2. The fraction of sp³-hybridized carbons (Fsp3) is 0.742. The Morgan fingerprint density at radius 2 is 0.596 bits per heavy atom. The number of alkyl carbamates (subject to hydrolysis) is 2. The van der Waals surface area contributed by atoms with Crippen LogP contribution >= 0.6 is 86.4 Å². The van der Waals surface area contributed by atoms with Crippen molar-refractivity contribution in [2.24, 2.45) is 46.6 Å². The van der Waals surface area contributed by atoms with Crippen LogP contribution in [0.5, 0.6) is 0 Å². The number of nitrogens with one attached hydrogen (secondary N) is 10. The average Bonchev–Trinajstić information content (AvgIpc) is 1.71. The van der Waals surface area contributed by atoms with Crippen molar-refractivity contribution in [2.75, 3.05) is 92.8 Å². The summed E-state index contributed by atoms with van der Waals surface area (Å²) in [4.78, 5) is 198. The number of carbonyl (C=O) groups excluding carboxylic acids is 16. The largest absolute Gasteiger partial charge is 0.453 e. The Kier molecular flexibility index (Phi) is 46.8. The van der Waals surface area contributed by atoms with Crippen molar-refractivity contribution in [1.82, 2.24) is 63.0 Å². The van der Waals surface area contributed by atoms with Crippen LogP contribution in [0.15, 0.2) is 0 Å². The average molecular weight is 1620 g/mol. The Morgan fingerprint density at radius 3 is 0.856 bits per heavy atom. The quantitative estimate of drug-likeness (QED) is 0.0231. The van der Waals surface area contributed by atoms with Crippen LogP contribution in [0.1, 0.15) is 142 Å². The van der Waals surface area contributed by atoms with E-state index in [1.807, 2.05) is 0 Å². The van der Waals surface area contributed by atoms with Gasteiger partial charge in [-0.15, -0.1) is 0 Å². The molecule has 588 valence electrons. The lowest BCUT2D eigenvalue weighted by atomic mass is 10.0. The standard InChI is InChI=1S/C31H52N8O10S4.C31H52N8O8S4/c1-48-30(46)37-15-8-5-11-21(38-31(47)49-2)27(45)36-16-12-24(42)39(17-22(40)34-13-6-3-9-19(25(32)43)28-50-51-28)18-23(41)35-14-7-4-10-20(26(33)44)29-52-53-29;1-19(40)34-13-8-5-11-23(38-20(2)41)29(47)37-16-12-26(44)39(17-24(42)35-14-6-3-9-21(27(32)45)30-48-49-30)18-25(43)36-15-7-4-10-22(28(33)46)31-50-51-31/h19-21,28-29H,3-18H2,1-2H3,(H2,32,43)(H2,33,44)(H,34,40)(H,35,41)(H,36,45)(H,37,46)(H,38,47);21-23,30-31H,3-18H2,1-2H3,(H2,32,45)(H2,33,46)(H,34,40)(H,35,42)(H,36,43)(H,37,47)(H,38,41)/t19?,20?,21-;21?,22?,23-/m00/s1. The maximum absolute atomic E-state index is 13.3. The van der Waals surface area contributed by atoms with Crippen LogP contribution in [0.25, 0.3) is 0 Å². The van der Waals surface area contributed by atoms with E-state index in [0.29, 0.717) is 148 Å². The summed E-state index contributed by atoms with van der Waals surface area (Å²) in [6.45, 7) is 2.91. The van der Waals surface area contributed by atoms with E-state index in [9.17, 15) is 76.7 Å². The minimum absolute atomic E-state index is 0.0867. The molecule has 6 atom stereocenters. The molecular weight excluding hydrogens is 1510 g/mol. The highest BCUT2D eigenvalue weighted by Gasteiger charge is 2.40. The van der Waals surface area contributed by atoms with Gasteiger partial charge in [0.2, 0.25) is 82.7 Å². The van der Waals surface area contributed by atoms with Crippen molar-refractivity contribution in [3.8, 4) is 0 Å². The van der Waals surface area contributed by atoms with E-state index < -0.39 is 90.5 Å². The van der Waals surface area contributed by atoms with Crippen molar-refractivity contribution >= 4 is 181 Å². The number of hydrogen-bond acceptors (Lipinski definition) is 26. The van der Waals surface area contributed by atoms with Crippen molar-refractivity contribution in [3.63, 3.8) is 0 Å². The maximum atomic E-state index is 13.3. The lowest BCUT2D eigenvalue weighted by Crippen LogP contribution is -2.49. The molecule has 4 heterocycles. The molecule has 0 aliphatic carbocycles. The Balaban J connectivity index is 0.000000541. The van der Waals surface area contributed by atoms with Crippen molar-refractivity contribution in [2.45, 2.75) is 173 Å². The van der Waals surface area contributed by atoms with E-state index >= 15 is 0 Å². The summed E-state index contributed by atoms with van der Waals surface area (Å²) in [5, 5.41) is 26.5. The van der Waals surface area contributed by atoms with E-state index in [1.165, 1.54) is 21.0 Å². The third-order valence-electron chi connectivity index (χ3n) is 16.1. The van der Waals surface area contributed by atoms with Gasteiger partial charge in [0.15, 0.2) is 0 Å². The molecule has 0 aromatic heterocycles. The van der Waals surface area contributed by atoms with Gasteiger partial charge in [-0.25, -0.2) is 9.59 Å². The smallest absolute Gasteiger partial charge is 0.407 e. The molecule has 4 unspecified atom stereocenters. The number of carbonyl (C=O) groups is 16. The van der Waals surface area contributed by atoms with Crippen LogP contribution in [0.2, 0.25) is 0 Å². The fourth-order valence-corrected chi connectivity index (χ4v) is 17.7. The number of hydrogen-bond donors (Lipinski definition) is 14. The predicted octanol–water partition coefficient (Wildman–Crippen LogP) is 1.14. The van der Waals surface area contributed by atoms with Gasteiger partial charge in [-0.1, -0.05) is 112 Å². The maximum Gasteiger partial charge on any atom is 0.407 e. The van der Waals surface area contributed by atoms with E-state index in [-0.39, 0.29) is 117 Å². The Labute approximate surface area is 638 Å². The molecule has 34 nitrogen and oxygen atoms in total. The zero-order valence-corrected chi connectivity index (χ0v) is 65.8. The monoisotopic (exact) mass is 1620 g/mol. The SMILES string of the molecule is CC(=O)NCCCC[C@H](NC(C)=O)C(=O)NCCC(=O)N(CC(=O)NCCCCC(C(N)=O)C1SS1)CC(=O)NCCCCC(C(N)=O)C1SS1.COC(=O)NCCCC[C@H](NC(=O)OC)C(=O)NCCC(=O)N(CC(=O)NCCCCC(C(N)=O)C1SS1)CC(=O)NCCCCC(C(N)=O)C1SS1. The van der Waals surface area contributed by atoms with Crippen LogP contribution < -0.4 is 76.1 Å². The Morgan fingerprint density at radius 1 is 0.327 bits per heavy atom. The minimum Gasteiger partial charge on any atom is -0.453 e. The Bertz CT molecular complexity index is 2750. The second kappa shape index (κ2) is 52.8. The highest BCUT2D eigenvalue weighted by atomic mass is 33.2. The molecule has 4 aliphatic rings. The van der Waals surface area contributed by atoms with Crippen LogP contribution in [0.3, 0.4) is 0 Å². The predicted molar refractivity (Wildman–Crippen MR) is 406 cm³/mol. The molecule has 4 aliphatic heterocycles. The van der Waals surface area contributed by atoms with Crippen molar-refractivity contribution in [1.29, 1.82) is 0 Å². The van der Waals surface area contributed by atoms with E-state index in [0.717, 1.165) is 16.9 Å². The first-order valence-corrected chi connectivity index (χ1v) is 43.6. The third-order valence-corrected chi connectivity index (χ3v) is 25.4. The summed E-state index contributed by atoms with van der Waals surface area (Å²) < 4.78 is 9.88. The number of rotatable bonds is 56. The number of unbranched alkanes of at least 4 members (excludes halogenated alkanes) is 6. The second-order valence-corrected chi connectivity index (χ2v) is 36.0. The van der Waals surface area contributed by atoms with Crippen LogP contribution in [-0.4, -0.2) is 228 Å². The number of methoxy groups -OCH3 is 2. The highest BCUT2D eigenvalue weighted by Crippen LogP contribution is 2.60. The fourth-order valence-electron chi connectivity index (χ4n) is 10.2. The summed E-state index contributed by atoms with van der Waals surface area (Å²) in [7, 11) is 15.3. The number of ether oxygens (including phenoxy) is 2. The molecule has 4 fully saturated rings. The molecular formula is C62H104N16O18S8. The van der Waals surface area contributed by atoms with E-state index in [4.69, 9.17) is 22.9 Å². The minimum atomic E-state index is -0.983. The Hall–Kier alpha value is -6.08. The van der Waals surface area contributed by atoms with Gasteiger partial charge in [-0.3, -0.25) is 67.1 Å². The van der Waals surface area contributed by atoms with E-state index in [2.05, 4.69) is 62.6 Å². The molecule has 0 aromatic rings. The van der Waals surface area contributed by atoms with Gasteiger partial charge in [-0.05, 0) is 89.9 Å². The molecule has 4 rings (SSSR count). The number of amides is 16. The molecule has 42 heteroatoms. The molecule has 4 saturated heterocycles. The number of primary amides is 4. The summed E-state index contributed by atoms with van der Waals surface area (Å²) in [6, 6.07) is -1.81. The van der Waals surface area contributed by atoms with Gasteiger partial charge in [0.05, 0.1) is 56.2 Å². The van der Waals surface area contributed by atoms with Gasteiger partial charge in [-0.2, -0.15) is 0 Å². The van der Waals surface area contributed by atoms with Gasteiger partial charge in [0.1, 0.15) is 38.3 Å². The summed E-state index contributed by atoms with van der Waals surface area (Å²) in [5.74, 6) is -6.79. The third kappa shape index (κ3) is 42.9. The molecule has 0 bridgehead atoms. The summed E-state index contributed by atoms with van der Waals surface area (Å²) >= 11 is 0. The molecule has 0 saturated carbocycles. The molecule has 104 heavy (non-hydrogen) atoms. The van der Waals surface area contributed by atoms with Gasteiger partial charge >= 0.3 is 12.2 Å². The first-order valence-electron chi connectivity index (χ1n) is 34.5. The van der Waals surface area contributed by atoms with E-state index in [1.54, 1.807) is 86.4 Å². The molecule has 16 amide bonds. The lowest BCUT2D eigenvalue weighted by Gasteiger charge is -2.23. The van der Waals surface area contributed by atoms with Crippen LogP contribution in [0.4, 0.5) is 9.59 Å². The summed E-state index contributed by atoms with van der Waals surface area (Å²) in [6.07, 6.45) is 8.39. The summed E-state index contributed by atoms with van der Waals surface area (Å²) in [5.41, 5.74) is 22.0. The molecule has 0 aromatic carbocycles. The van der Waals surface area contributed by atoms with Gasteiger partial charge in [0.25, 0.3) is 0 Å². The molecule has 18 N–H and O–H groups in total. The normalized spacial score (nSPS) is 15.3. The van der Waals surface area contributed by atoms with Crippen molar-refractivity contribution in [3.05, 3.63) is 0 Å². The molecule has 0 radical (unpaired) electrons. The first kappa shape index (κ1) is 92.1. The van der Waals surface area contributed by atoms with Crippen molar-refractivity contribution < 1.29 is 86.2 Å². The lowest BCUT2D eigenvalue weighted by molar-refractivity contribution is -0.139. The van der Waals surface area contributed by atoms with Crippen LogP contribution in [-0.2, 0) is 76.6 Å². The highest BCUT2D eigenvalue weighted by molar-refractivity contribution is 8.93. The van der Waals surface area contributed by atoms with Crippen LogP contribution in [0, 0.1) is 23.7 Å². The zero-order valence-electron chi connectivity index (χ0n) is 59.2. The topological polar surface area (TPSA) is 522 Å². The molecule has 0 spiro atoms. The first-order chi connectivity index (χ1) is 49.6. The van der Waals surface area contributed by atoms with Gasteiger partial charge < -0.3 is 95.4 Å². The second-order valence-electron chi connectivity index (χ2n) is 24.6.